The Labute approximate surface area is 144 Å². The summed E-state index contributed by atoms with van der Waals surface area (Å²) in [5.74, 6) is -1.60. The van der Waals surface area contributed by atoms with Crippen molar-refractivity contribution >= 4 is 23.3 Å². The quantitative estimate of drug-likeness (QED) is 0.469. The third kappa shape index (κ3) is 3.57. The topological polar surface area (TPSA) is 69.9 Å². The lowest BCUT2D eigenvalue weighted by Crippen LogP contribution is -2.40. The van der Waals surface area contributed by atoms with Gasteiger partial charge in [0.05, 0.1) is 11.1 Å². The molecule has 0 fully saturated rings. The fraction of sp³-hybridized carbons (Fsp3) is 0.222. The first-order valence-corrected chi connectivity index (χ1v) is 7.61. The molecule has 6 heteroatoms. The van der Waals surface area contributed by atoms with Crippen molar-refractivity contribution < 1.29 is 19.5 Å². The maximum Gasteiger partial charge on any atom is 0.339 e. The Bertz CT molecular complexity index is 755. The first-order valence-electron chi connectivity index (χ1n) is 7.23. The Balaban J connectivity index is 2.35. The number of nitrogens with zero attached hydrogens (tertiary/aromatic N) is 1. The molecule has 0 aliphatic carbocycles. The molecule has 0 aromatic heterocycles. The lowest BCUT2D eigenvalue weighted by atomic mass is 9.79. The van der Waals surface area contributed by atoms with Crippen molar-refractivity contribution in [2.45, 2.75) is 20.0 Å². The van der Waals surface area contributed by atoms with Crippen LogP contribution in [0, 0.1) is 5.41 Å². The molecule has 2 aromatic rings. The number of hydrogen-bond donors (Lipinski definition) is 2. The summed E-state index contributed by atoms with van der Waals surface area (Å²) in [5, 5.41) is 22.0. The van der Waals surface area contributed by atoms with E-state index in [0.29, 0.717) is 10.6 Å². The molecule has 1 unspecified atom stereocenters. The monoisotopic (exact) mass is 349 g/mol. The van der Waals surface area contributed by atoms with Crippen LogP contribution in [-0.4, -0.2) is 28.2 Å². The molecule has 0 amide bonds. The number of oxime groups is 1. The highest BCUT2D eigenvalue weighted by atomic mass is 35.5. The summed E-state index contributed by atoms with van der Waals surface area (Å²) in [4.78, 5) is 10.9. The molecule has 0 radical (unpaired) electrons. The summed E-state index contributed by atoms with van der Waals surface area (Å²) in [6.07, 6.45) is -2.20. The van der Waals surface area contributed by atoms with E-state index in [1.54, 1.807) is 36.4 Å². The Kier molecular flexibility index (Phi) is 5.24. The van der Waals surface area contributed by atoms with Gasteiger partial charge in [-0.3, -0.25) is 0 Å². The molecular formula is C18H17ClFNO3. The molecule has 0 saturated carbocycles. The van der Waals surface area contributed by atoms with Gasteiger partial charge in [0, 0.05) is 10.6 Å². The van der Waals surface area contributed by atoms with E-state index < -0.39 is 17.6 Å². The van der Waals surface area contributed by atoms with E-state index in [-0.39, 0.29) is 5.71 Å². The molecule has 2 rings (SSSR count). The van der Waals surface area contributed by atoms with Crippen molar-refractivity contribution in [3.63, 3.8) is 0 Å². The summed E-state index contributed by atoms with van der Waals surface area (Å²) in [5.41, 5.74) is 0.786. The summed E-state index contributed by atoms with van der Waals surface area (Å²) in [7, 11) is 0. The number of aliphatic carboxylic acids is 1. The van der Waals surface area contributed by atoms with Crippen molar-refractivity contribution in [3.05, 3.63) is 59.1 Å². The number of halogens is 2. The van der Waals surface area contributed by atoms with Crippen LogP contribution in [0.25, 0.3) is 11.1 Å². The molecule has 0 spiro atoms. The van der Waals surface area contributed by atoms with Crippen molar-refractivity contribution in [2.24, 2.45) is 10.6 Å². The van der Waals surface area contributed by atoms with E-state index in [1.807, 2.05) is 12.1 Å². The predicted octanol–water partition coefficient (Wildman–Crippen LogP) is 4.63. The number of hydrogen-bond acceptors (Lipinski definition) is 3. The van der Waals surface area contributed by atoms with Gasteiger partial charge in [-0.2, -0.15) is 0 Å². The second kappa shape index (κ2) is 7.01. The van der Waals surface area contributed by atoms with Gasteiger partial charge in [-0.15, -0.1) is 0 Å². The van der Waals surface area contributed by atoms with Crippen LogP contribution < -0.4 is 0 Å². The van der Waals surface area contributed by atoms with Crippen LogP contribution in [0.4, 0.5) is 4.39 Å². The smallest absolute Gasteiger partial charge is 0.339 e. The molecule has 126 valence electrons. The number of benzene rings is 2. The highest BCUT2D eigenvalue weighted by Crippen LogP contribution is 2.31. The van der Waals surface area contributed by atoms with Crippen LogP contribution in [0.3, 0.4) is 0 Å². The fourth-order valence-corrected chi connectivity index (χ4v) is 2.58. The van der Waals surface area contributed by atoms with Gasteiger partial charge in [0.1, 0.15) is 0 Å². The zero-order valence-electron chi connectivity index (χ0n) is 13.2. The van der Waals surface area contributed by atoms with Gasteiger partial charge in [-0.1, -0.05) is 67.0 Å². The van der Waals surface area contributed by atoms with E-state index in [4.69, 9.17) is 16.7 Å². The van der Waals surface area contributed by atoms with Gasteiger partial charge in [0.25, 0.3) is 0 Å². The lowest BCUT2D eigenvalue weighted by Gasteiger charge is -2.27. The van der Waals surface area contributed by atoms with Crippen LogP contribution in [0.2, 0.25) is 5.02 Å². The summed E-state index contributed by atoms with van der Waals surface area (Å²) in [6, 6.07) is 14.2. The average molecular weight is 350 g/mol. The number of carboxylic acids is 1. The lowest BCUT2D eigenvalue weighted by molar-refractivity contribution is -0.145. The van der Waals surface area contributed by atoms with Gasteiger partial charge in [-0.25, -0.2) is 9.18 Å². The zero-order valence-corrected chi connectivity index (χ0v) is 14.0. The summed E-state index contributed by atoms with van der Waals surface area (Å²) in [6.45, 7) is 2.77. The van der Waals surface area contributed by atoms with Gasteiger partial charge >= 0.3 is 5.97 Å². The van der Waals surface area contributed by atoms with E-state index in [1.165, 1.54) is 13.8 Å². The fourth-order valence-electron chi connectivity index (χ4n) is 2.45. The minimum atomic E-state index is -2.20. The van der Waals surface area contributed by atoms with Gasteiger partial charge in [0.15, 0.2) is 0 Å². The van der Waals surface area contributed by atoms with E-state index in [2.05, 4.69) is 5.16 Å². The maximum atomic E-state index is 14.0. The van der Waals surface area contributed by atoms with Crippen molar-refractivity contribution in [1.82, 2.24) is 0 Å². The predicted molar refractivity (Wildman–Crippen MR) is 91.5 cm³/mol. The van der Waals surface area contributed by atoms with Crippen LogP contribution in [0.1, 0.15) is 19.4 Å². The second-order valence-corrected chi connectivity index (χ2v) is 6.39. The molecule has 2 aromatic carbocycles. The van der Waals surface area contributed by atoms with E-state index >= 15 is 0 Å². The standard InChI is InChI=1S/C18H17ClFNO3/c1-18(2,15(20)17(22)23)16(21-24)13-5-3-11(4-6-13)12-7-9-14(19)10-8-12/h3-10,15,24H,1-2H3,(H,22,23). The summed E-state index contributed by atoms with van der Waals surface area (Å²) >= 11 is 5.86. The molecule has 4 nitrogen and oxygen atoms in total. The summed E-state index contributed by atoms with van der Waals surface area (Å²) < 4.78 is 14.0. The number of rotatable bonds is 5. The third-order valence-corrected chi connectivity index (χ3v) is 4.15. The zero-order chi connectivity index (χ0) is 17.9. The normalized spacial score (nSPS) is 13.6. The van der Waals surface area contributed by atoms with Crippen LogP contribution in [-0.2, 0) is 4.79 Å². The van der Waals surface area contributed by atoms with E-state index in [0.717, 1.165) is 11.1 Å². The van der Waals surface area contributed by atoms with Gasteiger partial charge < -0.3 is 10.3 Å². The molecule has 0 bridgehead atoms. The highest BCUT2D eigenvalue weighted by Gasteiger charge is 2.41. The van der Waals surface area contributed by atoms with Gasteiger partial charge in [-0.05, 0) is 23.3 Å². The minimum absolute atomic E-state index is 0.0277. The van der Waals surface area contributed by atoms with Gasteiger partial charge in [0.2, 0.25) is 6.17 Å². The third-order valence-electron chi connectivity index (χ3n) is 3.90. The molecule has 24 heavy (non-hydrogen) atoms. The van der Waals surface area contributed by atoms with Crippen molar-refractivity contribution in [2.75, 3.05) is 0 Å². The average Bonchev–Trinajstić information content (AvgIpc) is 2.56. The molecule has 1 atom stereocenters. The molecule has 0 heterocycles. The number of alkyl halides is 1. The Morgan fingerprint density at radius 3 is 1.96 bits per heavy atom. The molecule has 2 N–H and O–H groups in total. The Morgan fingerprint density at radius 1 is 1.08 bits per heavy atom. The first-order chi connectivity index (χ1) is 11.3. The Hall–Kier alpha value is -2.40. The Morgan fingerprint density at radius 2 is 1.54 bits per heavy atom. The van der Waals surface area contributed by atoms with Crippen LogP contribution >= 0.6 is 11.6 Å². The highest BCUT2D eigenvalue weighted by molar-refractivity contribution is 6.30. The number of carboxylic acid groups (broad SMARTS) is 1. The molecular weight excluding hydrogens is 333 g/mol. The second-order valence-electron chi connectivity index (χ2n) is 5.96. The molecule has 0 saturated heterocycles. The van der Waals surface area contributed by atoms with E-state index in [9.17, 15) is 14.4 Å². The number of carbonyl (C=O) groups is 1. The maximum absolute atomic E-state index is 14.0. The first kappa shape index (κ1) is 17.9. The largest absolute Gasteiger partial charge is 0.479 e. The van der Waals surface area contributed by atoms with Crippen molar-refractivity contribution in [1.29, 1.82) is 0 Å². The SMILES string of the molecule is CC(C)(C(=NO)c1ccc(-c2ccc(Cl)cc2)cc1)C(F)C(=O)O. The minimum Gasteiger partial charge on any atom is -0.479 e. The molecule has 0 aliphatic rings. The molecule has 0 aliphatic heterocycles. The van der Waals surface area contributed by atoms with Crippen LogP contribution in [0.15, 0.2) is 53.7 Å². The van der Waals surface area contributed by atoms with Crippen molar-refractivity contribution in [3.8, 4) is 11.1 Å². The van der Waals surface area contributed by atoms with Crippen LogP contribution in [0.5, 0.6) is 0 Å².